The molecule has 2 N–H and O–H groups in total. The molecule has 5 nitrogen and oxygen atoms in total. The van der Waals surface area contributed by atoms with Gasteiger partial charge >= 0.3 is 0 Å². The van der Waals surface area contributed by atoms with Gasteiger partial charge in [-0.2, -0.15) is 5.10 Å². The highest BCUT2D eigenvalue weighted by atomic mass is 35.5. The average molecular weight is 398 g/mol. The lowest BCUT2D eigenvalue weighted by molar-refractivity contribution is 0.145. The van der Waals surface area contributed by atoms with Gasteiger partial charge in [0.15, 0.2) is 0 Å². The topological polar surface area (TPSA) is 78.0 Å². The molecule has 2 aromatic carbocycles. The molecule has 3 aromatic rings. The molecule has 0 aliphatic carbocycles. The molecular formula is C17H14ClF2N3O2S. The van der Waals surface area contributed by atoms with E-state index in [-0.39, 0.29) is 10.6 Å². The maximum absolute atomic E-state index is 13.2. The number of nitrogens with zero attached hydrogens (tertiary/aromatic N) is 2. The molecule has 0 fully saturated rings. The van der Waals surface area contributed by atoms with Gasteiger partial charge in [-0.25, -0.2) is 27.0 Å². The third-order valence-corrected chi connectivity index (χ3v) is 5.19. The Labute approximate surface area is 154 Å². The highest BCUT2D eigenvalue weighted by Gasteiger charge is 2.22. The van der Waals surface area contributed by atoms with Gasteiger partial charge in [0, 0.05) is 10.6 Å². The summed E-state index contributed by atoms with van der Waals surface area (Å²) in [7, 11) is -4.08. The lowest BCUT2D eigenvalue weighted by Gasteiger charge is -2.12. The number of rotatable bonds is 4. The Morgan fingerprint density at radius 1 is 1.15 bits per heavy atom. The molecule has 0 unspecified atom stereocenters. The van der Waals surface area contributed by atoms with Gasteiger partial charge in [-0.05, 0) is 42.8 Å². The summed E-state index contributed by atoms with van der Waals surface area (Å²) in [5.41, 5.74) is 1.23. The van der Waals surface area contributed by atoms with E-state index in [9.17, 15) is 17.2 Å². The van der Waals surface area contributed by atoms with Gasteiger partial charge in [-0.15, -0.1) is 0 Å². The van der Waals surface area contributed by atoms with Gasteiger partial charge in [0.05, 0.1) is 11.4 Å². The number of primary sulfonamides is 1. The Kier molecular flexibility index (Phi) is 4.83. The molecule has 0 saturated heterocycles. The van der Waals surface area contributed by atoms with Crippen molar-refractivity contribution in [3.63, 3.8) is 0 Å². The molecule has 0 radical (unpaired) electrons. The number of aromatic nitrogens is 2. The number of para-hydroxylation sites is 1. The summed E-state index contributed by atoms with van der Waals surface area (Å²) in [5, 5.41) is 9.68. The van der Waals surface area contributed by atoms with Crippen LogP contribution >= 0.6 is 11.6 Å². The Morgan fingerprint density at radius 2 is 1.85 bits per heavy atom. The molecule has 136 valence electrons. The normalized spacial score (nSPS) is 11.9. The SMILES string of the molecule is Cc1cc(-c2cc(C(F)F)nn2-c2ccccc2S(N)(=O)=O)ccc1Cl. The van der Waals surface area contributed by atoms with E-state index in [4.69, 9.17) is 16.7 Å². The predicted molar refractivity (Wildman–Crippen MR) is 95.1 cm³/mol. The van der Waals surface area contributed by atoms with Crippen molar-refractivity contribution in [3.8, 4) is 16.9 Å². The van der Waals surface area contributed by atoms with Crippen LogP contribution in [0.5, 0.6) is 0 Å². The largest absolute Gasteiger partial charge is 0.282 e. The Hall–Kier alpha value is -2.29. The van der Waals surface area contributed by atoms with Gasteiger partial charge < -0.3 is 0 Å². The second-order valence-corrected chi connectivity index (χ2v) is 7.58. The minimum absolute atomic E-state index is 0.0875. The molecular weight excluding hydrogens is 384 g/mol. The van der Waals surface area contributed by atoms with E-state index >= 15 is 0 Å². The predicted octanol–water partition coefficient (Wildman–Crippen LogP) is 4.09. The first-order valence-corrected chi connectivity index (χ1v) is 9.38. The maximum Gasteiger partial charge on any atom is 0.282 e. The number of nitrogens with two attached hydrogens (primary N) is 1. The first-order chi connectivity index (χ1) is 12.2. The van der Waals surface area contributed by atoms with Crippen LogP contribution in [0.2, 0.25) is 5.02 Å². The molecule has 9 heteroatoms. The molecule has 0 aliphatic rings. The summed E-state index contributed by atoms with van der Waals surface area (Å²) in [5.74, 6) is 0. The molecule has 0 bridgehead atoms. The molecule has 26 heavy (non-hydrogen) atoms. The summed E-state index contributed by atoms with van der Waals surface area (Å²) in [6.45, 7) is 1.78. The number of halogens is 3. The second-order valence-electron chi connectivity index (χ2n) is 5.64. The van der Waals surface area contributed by atoms with Crippen LogP contribution in [0, 0.1) is 6.92 Å². The van der Waals surface area contributed by atoms with E-state index in [0.717, 1.165) is 10.2 Å². The Bertz CT molecular complexity index is 1080. The lowest BCUT2D eigenvalue weighted by Crippen LogP contribution is -2.16. The second kappa shape index (κ2) is 6.79. The Balaban J connectivity index is 2.31. The number of sulfonamides is 1. The molecule has 0 amide bonds. The van der Waals surface area contributed by atoms with E-state index in [2.05, 4.69) is 5.10 Å². The Morgan fingerprint density at radius 3 is 2.46 bits per heavy atom. The zero-order chi connectivity index (χ0) is 19.1. The molecule has 0 aliphatic heterocycles. The van der Waals surface area contributed by atoms with E-state index in [1.807, 2.05) is 0 Å². The molecule has 1 heterocycles. The zero-order valence-corrected chi connectivity index (χ0v) is 15.1. The molecule has 0 atom stereocenters. The summed E-state index contributed by atoms with van der Waals surface area (Å²) >= 11 is 6.03. The standard InChI is InChI=1S/C17H14ClF2N3O2S/c1-10-8-11(6-7-12(10)18)15-9-13(17(19)20)22-23(15)14-4-2-3-5-16(14)26(21,24)25/h2-9,17H,1H3,(H2,21,24,25). The summed E-state index contributed by atoms with van der Waals surface area (Å²) in [4.78, 5) is -0.212. The number of aryl methyl sites for hydroxylation is 1. The maximum atomic E-state index is 13.2. The van der Waals surface area contributed by atoms with Gasteiger partial charge in [-0.3, -0.25) is 0 Å². The van der Waals surface area contributed by atoms with E-state index < -0.39 is 22.1 Å². The van der Waals surface area contributed by atoms with Crippen LogP contribution in [0.3, 0.4) is 0 Å². The quantitative estimate of drug-likeness (QED) is 0.720. The highest BCUT2D eigenvalue weighted by Crippen LogP contribution is 2.32. The minimum atomic E-state index is -4.08. The van der Waals surface area contributed by atoms with Crippen molar-refractivity contribution in [2.75, 3.05) is 0 Å². The number of benzene rings is 2. The van der Waals surface area contributed by atoms with Crippen LogP contribution in [0.15, 0.2) is 53.4 Å². The van der Waals surface area contributed by atoms with E-state index in [1.54, 1.807) is 31.2 Å². The van der Waals surface area contributed by atoms with Crippen molar-refractivity contribution in [2.24, 2.45) is 5.14 Å². The molecule has 0 spiro atoms. The van der Waals surface area contributed by atoms with Crippen molar-refractivity contribution in [1.82, 2.24) is 9.78 Å². The van der Waals surface area contributed by atoms with Gasteiger partial charge in [-0.1, -0.05) is 29.8 Å². The third-order valence-electron chi connectivity index (χ3n) is 3.81. The van der Waals surface area contributed by atoms with E-state index in [0.29, 0.717) is 16.3 Å². The molecule has 0 saturated carbocycles. The van der Waals surface area contributed by atoms with E-state index in [1.165, 1.54) is 24.3 Å². The zero-order valence-electron chi connectivity index (χ0n) is 13.5. The van der Waals surface area contributed by atoms with Gasteiger partial charge in [0.25, 0.3) is 6.43 Å². The van der Waals surface area contributed by atoms with Crippen molar-refractivity contribution >= 4 is 21.6 Å². The minimum Gasteiger partial charge on any atom is -0.231 e. The number of hydrogen-bond donors (Lipinski definition) is 1. The third kappa shape index (κ3) is 3.48. The van der Waals surface area contributed by atoms with Gasteiger partial charge in [0.1, 0.15) is 10.6 Å². The number of hydrogen-bond acceptors (Lipinski definition) is 3. The van der Waals surface area contributed by atoms with Crippen LogP contribution in [-0.4, -0.2) is 18.2 Å². The summed E-state index contributed by atoms with van der Waals surface area (Å²) in [6, 6.07) is 12.0. The number of alkyl halides is 2. The highest BCUT2D eigenvalue weighted by molar-refractivity contribution is 7.89. The van der Waals surface area contributed by atoms with Crippen LogP contribution in [-0.2, 0) is 10.0 Å². The molecule has 3 rings (SSSR count). The smallest absolute Gasteiger partial charge is 0.231 e. The van der Waals surface area contributed by atoms with Crippen LogP contribution in [0.25, 0.3) is 16.9 Å². The summed E-state index contributed by atoms with van der Waals surface area (Å²) < 4.78 is 51.4. The van der Waals surface area contributed by atoms with Crippen molar-refractivity contribution < 1.29 is 17.2 Å². The lowest BCUT2D eigenvalue weighted by atomic mass is 10.1. The first kappa shape index (κ1) is 18.5. The van der Waals surface area contributed by atoms with Crippen LogP contribution < -0.4 is 5.14 Å². The molecule has 1 aromatic heterocycles. The van der Waals surface area contributed by atoms with Crippen molar-refractivity contribution in [1.29, 1.82) is 0 Å². The van der Waals surface area contributed by atoms with Crippen LogP contribution in [0.4, 0.5) is 8.78 Å². The fraction of sp³-hybridized carbons (Fsp3) is 0.118. The van der Waals surface area contributed by atoms with Crippen molar-refractivity contribution in [3.05, 3.63) is 64.8 Å². The first-order valence-electron chi connectivity index (χ1n) is 7.45. The van der Waals surface area contributed by atoms with Crippen molar-refractivity contribution in [2.45, 2.75) is 18.2 Å². The van der Waals surface area contributed by atoms with Crippen LogP contribution in [0.1, 0.15) is 17.7 Å². The average Bonchev–Trinajstić information content (AvgIpc) is 3.02. The fourth-order valence-electron chi connectivity index (χ4n) is 2.57. The summed E-state index contributed by atoms with van der Waals surface area (Å²) in [6.07, 6.45) is -2.81. The monoisotopic (exact) mass is 397 g/mol. The van der Waals surface area contributed by atoms with Gasteiger partial charge in [0.2, 0.25) is 10.0 Å². The fourth-order valence-corrected chi connectivity index (χ4v) is 3.40.